The second-order valence-electron chi connectivity index (χ2n) is 9.05. The highest BCUT2D eigenvalue weighted by Gasteiger charge is 2.43. The minimum Gasteiger partial charge on any atom is -0.389 e. The summed E-state index contributed by atoms with van der Waals surface area (Å²) in [5, 5.41) is 13.4. The van der Waals surface area contributed by atoms with Crippen LogP contribution in [0.4, 0.5) is 0 Å². The van der Waals surface area contributed by atoms with Crippen molar-refractivity contribution in [2.75, 3.05) is 13.1 Å². The third kappa shape index (κ3) is 3.54. The van der Waals surface area contributed by atoms with Gasteiger partial charge in [0.15, 0.2) is 0 Å². The zero-order chi connectivity index (χ0) is 20.6. The van der Waals surface area contributed by atoms with Crippen molar-refractivity contribution in [2.24, 2.45) is 5.92 Å². The first-order valence-corrected chi connectivity index (χ1v) is 11.2. The Hall–Kier alpha value is -2.59. The largest absolute Gasteiger partial charge is 0.389 e. The van der Waals surface area contributed by atoms with Crippen molar-refractivity contribution in [3.05, 3.63) is 72.6 Å². The van der Waals surface area contributed by atoms with Gasteiger partial charge in [-0.15, -0.1) is 0 Å². The average Bonchev–Trinajstić information content (AvgIpc) is 3.31. The summed E-state index contributed by atoms with van der Waals surface area (Å²) >= 11 is 0. The van der Waals surface area contributed by atoms with E-state index in [2.05, 4.69) is 59.4 Å². The summed E-state index contributed by atoms with van der Waals surface area (Å²) in [5.41, 5.74) is 0.633. The minimum absolute atomic E-state index is 0.0363. The second-order valence-corrected chi connectivity index (χ2v) is 9.05. The lowest BCUT2D eigenvalue weighted by molar-refractivity contribution is -0.143. The van der Waals surface area contributed by atoms with Crippen LogP contribution in [0.15, 0.2) is 67.0 Å². The lowest BCUT2D eigenvalue weighted by Gasteiger charge is -2.47. The molecular formula is C26H30N2O2. The van der Waals surface area contributed by atoms with Gasteiger partial charge in [0.1, 0.15) is 0 Å². The van der Waals surface area contributed by atoms with E-state index in [1.165, 1.54) is 16.3 Å². The first kappa shape index (κ1) is 19.4. The van der Waals surface area contributed by atoms with Crippen LogP contribution >= 0.6 is 0 Å². The topological polar surface area (TPSA) is 45.5 Å². The molecule has 0 radical (unpaired) electrons. The summed E-state index contributed by atoms with van der Waals surface area (Å²) in [6.07, 6.45) is 9.45. The SMILES string of the molecule is O=C(C[C@H](c1cccc2ccccc12)n1cccc1)N1CC[C@]2(O)CCCC[C@@H]2C1. The van der Waals surface area contributed by atoms with Gasteiger partial charge in [-0.25, -0.2) is 0 Å². The molecule has 1 N–H and O–H groups in total. The van der Waals surface area contributed by atoms with Crippen molar-refractivity contribution in [1.29, 1.82) is 0 Å². The molecule has 1 saturated carbocycles. The number of carbonyl (C=O) groups is 1. The monoisotopic (exact) mass is 402 g/mol. The van der Waals surface area contributed by atoms with Crippen LogP contribution in [-0.4, -0.2) is 39.2 Å². The van der Waals surface area contributed by atoms with Crippen LogP contribution in [0.1, 0.15) is 50.1 Å². The van der Waals surface area contributed by atoms with Gasteiger partial charge < -0.3 is 14.6 Å². The minimum atomic E-state index is -0.551. The van der Waals surface area contributed by atoms with E-state index in [9.17, 15) is 9.90 Å². The van der Waals surface area contributed by atoms with Crippen LogP contribution in [0.3, 0.4) is 0 Å². The summed E-state index contributed by atoms with van der Waals surface area (Å²) in [6.45, 7) is 1.36. The summed E-state index contributed by atoms with van der Waals surface area (Å²) in [5.74, 6) is 0.417. The van der Waals surface area contributed by atoms with Crippen LogP contribution in [0.25, 0.3) is 10.8 Å². The van der Waals surface area contributed by atoms with Gasteiger partial charge in [-0.3, -0.25) is 4.79 Å². The van der Waals surface area contributed by atoms with E-state index in [-0.39, 0.29) is 17.9 Å². The van der Waals surface area contributed by atoms with Crippen LogP contribution in [0.5, 0.6) is 0 Å². The fourth-order valence-electron chi connectivity index (χ4n) is 5.56. The van der Waals surface area contributed by atoms with Gasteiger partial charge in [0.2, 0.25) is 5.91 Å². The molecule has 1 aliphatic heterocycles. The molecule has 2 fully saturated rings. The highest BCUT2D eigenvalue weighted by molar-refractivity contribution is 5.87. The molecule has 2 aromatic carbocycles. The molecule has 0 unspecified atom stereocenters. The Morgan fingerprint density at radius 3 is 2.70 bits per heavy atom. The number of likely N-dealkylation sites (tertiary alicyclic amines) is 1. The van der Waals surface area contributed by atoms with Crippen LogP contribution in [0.2, 0.25) is 0 Å². The molecule has 1 aromatic heterocycles. The summed E-state index contributed by atoms with van der Waals surface area (Å²) in [7, 11) is 0. The molecule has 1 saturated heterocycles. The van der Waals surface area contributed by atoms with E-state index in [4.69, 9.17) is 0 Å². The molecule has 30 heavy (non-hydrogen) atoms. The Morgan fingerprint density at radius 1 is 1.03 bits per heavy atom. The Morgan fingerprint density at radius 2 is 1.83 bits per heavy atom. The highest BCUT2D eigenvalue weighted by Crippen LogP contribution is 2.40. The second kappa shape index (κ2) is 7.92. The number of amides is 1. The van der Waals surface area contributed by atoms with E-state index in [1.807, 2.05) is 17.0 Å². The Labute approximate surface area is 178 Å². The predicted octanol–water partition coefficient (Wildman–Crippen LogP) is 4.77. The zero-order valence-electron chi connectivity index (χ0n) is 17.4. The fourth-order valence-corrected chi connectivity index (χ4v) is 5.56. The van der Waals surface area contributed by atoms with Gasteiger partial charge in [-0.05, 0) is 47.7 Å². The fraction of sp³-hybridized carbons (Fsp3) is 0.423. The van der Waals surface area contributed by atoms with E-state index in [0.29, 0.717) is 25.9 Å². The smallest absolute Gasteiger partial charge is 0.225 e. The molecule has 1 amide bonds. The Kier molecular flexibility index (Phi) is 5.11. The van der Waals surface area contributed by atoms with Crippen molar-refractivity contribution in [2.45, 2.75) is 50.2 Å². The first-order valence-electron chi connectivity index (χ1n) is 11.2. The highest BCUT2D eigenvalue weighted by atomic mass is 16.3. The molecule has 156 valence electrons. The number of nitrogens with zero attached hydrogens (tertiary/aromatic N) is 2. The number of carbonyl (C=O) groups excluding carboxylic acids is 1. The molecule has 0 bridgehead atoms. The number of rotatable bonds is 4. The maximum absolute atomic E-state index is 13.4. The average molecular weight is 403 g/mol. The van der Waals surface area contributed by atoms with Crippen molar-refractivity contribution in [1.82, 2.24) is 9.47 Å². The standard InChI is InChI=1S/C26H30N2O2/c29-25(28-17-14-26(30)13-4-3-10-21(26)19-28)18-24(27-15-5-6-16-27)23-12-7-9-20-8-1-2-11-22(20)23/h1-2,5-9,11-12,15-16,21,24,30H,3-4,10,13-14,17-19H2/t21-,24-,26-/m1/s1. The van der Waals surface area contributed by atoms with Crippen molar-refractivity contribution >= 4 is 16.7 Å². The predicted molar refractivity (Wildman–Crippen MR) is 119 cm³/mol. The van der Waals surface area contributed by atoms with E-state index in [1.54, 1.807) is 0 Å². The van der Waals surface area contributed by atoms with Gasteiger partial charge in [0.25, 0.3) is 0 Å². The molecule has 3 aromatic rings. The number of benzene rings is 2. The van der Waals surface area contributed by atoms with Gasteiger partial charge >= 0.3 is 0 Å². The number of piperidine rings is 1. The molecule has 2 aliphatic rings. The molecule has 0 spiro atoms. The Balaban J connectivity index is 1.42. The van der Waals surface area contributed by atoms with Crippen LogP contribution < -0.4 is 0 Å². The van der Waals surface area contributed by atoms with Crippen molar-refractivity contribution in [3.63, 3.8) is 0 Å². The summed E-state index contributed by atoms with van der Waals surface area (Å²) in [6, 6.07) is 18.8. The summed E-state index contributed by atoms with van der Waals surface area (Å²) in [4.78, 5) is 15.4. The maximum atomic E-state index is 13.4. The lowest BCUT2D eigenvalue weighted by Crippen LogP contribution is -2.54. The quantitative estimate of drug-likeness (QED) is 0.683. The number of hydrogen-bond acceptors (Lipinski definition) is 2. The molecule has 5 rings (SSSR count). The molecule has 1 aliphatic carbocycles. The lowest BCUT2D eigenvalue weighted by atomic mass is 9.71. The van der Waals surface area contributed by atoms with Gasteiger partial charge in [-0.2, -0.15) is 0 Å². The number of aromatic nitrogens is 1. The zero-order valence-corrected chi connectivity index (χ0v) is 17.4. The molecule has 4 heteroatoms. The van der Waals surface area contributed by atoms with E-state index < -0.39 is 5.60 Å². The van der Waals surface area contributed by atoms with Crippen LogP contribution in [0, 0.1) is 5.92 Å². The van der Waals surface area contributed by atoms with Crippen molar-refractivity contribution < 1.29 is 9.90 Å². The summed E-state index contributed by atoms with van der Waals surface area (Å²) < 4.78 is 2.15. The maximum Gasteiger partial charge on any atom is 0.225 e. The van der Waals surface area contributed by atoms with Gasteiger partial charge in [0, 0.05) is 31.4 Å². The normalized spacial score (nSPS) is 25.1. The third-order valence-electron chi connectivity index (χ3n) is 7.32. The number of hydrogen-bond donors (Lipinski definition) is 1. The van der Waals surface area contributed by atoms with E-state index in [0.717, 1.165) is 25.7 Å². The number of fused-ring (bicyclic) bond motifs is 2. The molecule has 3 atom stereocenters. The molecule has 2 heterocycles. The van der Waals surface area contributed by atoms with E-state index >= 15 is 0 Å². The first-order chi connectivity index (χ1) is 14.6. The van der Waals surface area contributed by atoms with Gasteiger partial charge in [-0.1, -0.05) is 55.3 Å². The number of aliphatic hydroxyl groups is 1. The molecular weight excluding hydrogens is 372 g/mol. The third-order valence-corrected chi connectivity index (χ3v) is 7.32. The van der Waals surface area contributed by atoms with Gasteiger partial charge in [0.05, 0.1) is 18.1 Å². The van der Waals surface area contributed by atoms with Crippen LogP contribution in [-0.2, 0) is 4.79 Å². The Bertz CT molecular complexity index is 1020. The molecule has 4 nitrogen and oxygen atoms in total. The van der Waals surface area contributed by atoms with Crippen molar-refractivity contribution in [3.8, 4) is 0 Å².